The van der Waals surface area contributed by atoms with Crippen molar-refractivity contribution in [2.45, 2.75) is 20.3 Å². The third kappa shape index (κ3) is 4.57. The third-order valence-electron chi connectivity index (χ3n) is 3.36. The quantitative estimate of drug-likeness (QED) is 0.671. The first kappa shape index (κ1) is 17.0. The van der Waals surface area contributed by atoms with Crippen molar-refractivity contribution in [3.05, 3.63) is 64.2 Å². The lowest BCUT2D eigenvalue weighted by Crippen LogP contribution is -2.27. The van der Waals surface area contributed by atoms with Gasteiger partial charge in [0.2, 0.25) is 0 Å². The number of halogens is 1. The van der Waals surface area contributed by atoms with E-state index < -0.39 is 0 Å². The van der Waals surface area contributed by atoms with Gasteiger partial charge in [0.15, 0.2) is 0 Å². The number of ether oxygens (including phenoxy) is 1. The van der Waals surface area contributed by atoms with Crippen LogP contribution in [0.2, 0.25) is 5.02 Å². The number of carbonyl (C=O) groups excluding carboxylic acids is 2. The van der Waals surface area contributed by atoms with Gasteiger partial charge in [0, 0.05) is 6.54 Å². The molecule has 0 bridgehead atoms. The summed E-state index contributed by atoms with van der Waals surface area (Å²) >= 11 is 5.95. The van der Waals surface area contributed by atoms with Gasteiger partial charge in [0.1, 0.15) is 5.75 Å². The molecule has 0 radical (unpaired) electrons. The van der Waals surface area contributed by atoms with Crippen LogP contribution in [0, 0.1) is 13.8 Å². The largest absolute Gasteiger partial charge is 0.426 e. The Balaban J connectivity index is 1.86. The Labute approximate surface area is 140 Å². The van der Waals surface area contributed by atoms with Gasteiger partial charge in [-0.3, -0.25) is 9.59 Å². The lowest BCUT2D eigenvalue weighted by atomic mass is 10.1. The molecular weight excluding hydrogens is 314 g/mol. The topological polar surface area (TPSA) is 55.4 Å². The molecule has 0 unspecified atom stereocenters. The molecule has 1 amide bonds. The van der Waals surface area contributed by atoms with Crippen LogP contribution in [0.3, 0.4) is 0 Å². The summed E-state index contributed by atoms with van der Waals surface area (Å²) in [6, 6.07) is 12.4. The molecule has 4 nitrogen and oxygen atoms in total. The predicted molar refractivity (Wildman–Crippen MR) is 90.0 cm³/mol. The second-order valence-electron chi connectivity index (χ2n) is 5.18. The van der Waals surface area contributed by atoms with Crippen molar-refractivity contribution in [3.63, 3.8) is 0 Å². The molecule has 0 fully saturated rings. The molecule has 0 saturated heterocycles. The van der Waals surface area contributed by atoms with E-state index in [2.05, 4.69) is 5.32 Å². The van der Waals surface area contributed by atoms with Crippen molar-refractivity contribution in [1.29, 1.82) is 0 Å². The minimum atomic E-state index is -0.387. The summed E-state index contributed by atoms with van der Waals surface area (Å²) in [5.74, 6) is -0.118. The lowest BCUT2D eigenvalue weighted by molar-refractivity contribution is -0.134. The minimum absolute atomic E-state index is 0.0873. The maximum Gasteiger partial charge on any atom is 0.312 e. The van der Waals surface area contributed by atoms with Crippen LogP contribution < -0.4 is 10.1 Å². The van der Waals surface area contributed by atoms with Crippen LogP contribution in [0.5, 0.6) is 5.75 Å². The maximum atomic E-state index is 12.0. The highest BCUT2D eigenvalue weighted by Crippen LogP contribution is 2.22. The normalized spacial score (nSPS) is 10.2. The Bertz CT molecular complexity index is 708. The van der Waals surface area contributed by atoms with E-state index >= 15 is 0 Å². The monoisotopic (exact) mass is 331 g/mol. The number of hydrogen-bond acceptors (Lipinski definition) is 3. The fourth-order valence-corrected chi connectivity index (χ4v) is 2.37. The fraction of sp³-hybridized carbons (Fsp3) is 0.222. The van der Waals surface area contributed by atoms with Gasteiger partial charge in [0.05, 0.1) is 17.0 Å². The predicted octanol–water partition coefficient (Wildman–Crippen LogP) is 3.68. The van der Waals surface area contributed by atoms with E-state index in [0.717, 1.165) is 11.1 Å². The number of benzene rings is 2. The maximum absolute atomic E-state index is 12.0. The van der Waals surface area contributed by atoms with Crippen LogP contribution >= 0.6 is 11.6 Å². The summed E-state index contributed by atoms with van der Waals surface area (Å²) in [7, 11) is 0. The number of para-hydroxylation sites is 1. The molecule has 0 spiro atoms. The smallest absolute Gasteiger partial charge is 0.312 e. The zero-order valence-corrected chi connectivity index (χ0v) is 13.8. The minimum Gasteiger partial charge on any atom is -0.426 e. The van der Waals surface area contributed by atoms with Gasteiger partial charge in [-0.1, -0.05) is 41.9 Å². The second-order valence-corrected chi connectivity index (χ2v) is 5.59. The second kappa shape index (κ2) is 7.79. The van der Waals surface area contributed by atoms with E-state index in [-0.39, 0.29) is 24.8 Å². The zero-order chi connectivity index (χ0) is 16.8. The fourth-order valence-electron chi connectivity index (χ4n) is 2.14. The first-order valence-electron chi connectivity index (χ1n) is 7.28. The van der Waals surface area contributed by atoms with Gasteiger partial charge < -0.3 is 10.1 Å². The van der Waals surface area contributed by atoms with E-state index in [0.29, 0.717) is 16.3 Å². The Morgan fingerprint density at radius 3 is 2.35 bits per heavy atom. The Morgan fingerprint density at radius 2 is 1.70 bits per heavy atom. The Hall–Kier alpha value is -2.33. The van der Waals surface area contributed by atoms with E-state index in [1.165, 1.54) is 0 Å². The molecule has 0 aromatic heterocycles. The number of esters is 1. The van der Waals surface area contributed by atoms with Gasteiger partial charge in [-0.15, -0.1) is 0 Å². The summed E-state index contributed by atoms with van der Waals surface area (Å²) in [4.78, 5) is 23.9. The molecule has 2 aromatic carbocycles. The standard InChI is InChI=1S/C18H18ClNO3/c1-12-6-5-7-13(2)17(12)23-16(21)10-11-20-18(22)14-8-3-4-9-15(14)19/h3-9H,10-11H2,1-2H3,(H,20,22). The van der Waals surface area contributed by atoms with Crippen molar-refractivity contribution >= 4 is 23.5 Å². The molecule has 0 heterocycles. The average Bonchev–Trinajstić information content (AvgIpc) is 2.51. The highest BCUT2D eigenvalue weighted by Gasteiger charge is 2.12. The van der Waals surface area contributed by atoms with Crippen LogP contribution in [-0.2, 0) is 4.79 Å². The summed E-state index contributed by atoms with van der Waals surface area (Å²) in [5, 5.41) is 3.04. The highest BCUT2D eigenvalue weighted by molar-refractivity contribution is 6.33. The number of nitrogens with one attached hydrogen (secondary N) is 1. The molecular formula is C18H18ClNO3. The van der Waals surface area contributed by atoms with Gasteiger partial charge in [-0.05, 0) is 37.1 Å². The Kier molecular flexibility index (Phi) is 5.77. The van der Waals surface area contributed by atoms with Crippen molar-refractivity contribution in [2.75, 3.05) is 6.54 Å². The molecule has 5 heteroatoms. The Morgan fingerprint density at radius 1 is 1.04 bits per heavy atom. The first-order valence-corrected chi connectivity index (χ1v) is 7.66. The number of aryl methyl sites for hydroxylation is 2. The van der Waals surface area contributed by atoms with Crippen molar-refractivity contribution in [1.82, 2.24) is 5.32 Å². The molecule has 0 atom stereocenters. The first-order chi connectivity index (χ1) is 11.0. The number of hydrogen-bond donors (Lipinski definition) is 1. The molecule has 0 aliphatic rings. The SMILES string of the molecule is Cc1cccc(C)c1OC(=O)CCNC(=O)c1ccccc1Cl. The molecule has 0 aliphatic heterocycles. The van der Waals surface area contributed by atoms with Crippen LogP contribution in [0.25, 0.3) is 0 Å². The number of amides is 1. The van der Waals surface area contributed by atoms with Crippen LogP contribution in [-0.4, -0.2) is 18.4 Å². The molecule has 23 heavy (non-hydrogen) atoms. The molecule has 2 rings (SSSR count). The highest BCUT2D eigenvalue weighted by atomic mass is 35.5. The van der Waals surface area contributed by atoms with Gasteiger partial charge in [-0.25, -0.2) is 0 Å². The zero-order valence-electron chi connectivity index (χ0n) is 13.1. The number of carbonyl (C=O) groups is 2. The summed E-state index contributed by atoms with van der Waals surface area (Å²) in [6.07, 6.45) is 0.0873. The van der Waals surface area contributed by atoms with Crippen molar-refractivity contribution < 1.29 is 14.3 Å². The van der Waals surface area contributed by atoms with Crippen LogP contribution in [0.15, 0.2) is 42.5 Å². The molecule has 1 N–H and O–H groups in total. The molecule has 0 saturated carbocycles. The van der Waals surface area contributed by atoms with Crippen LogP contribution in [0.1, 0.15) is 27.9 Å². The van der Waals surface area contributed by atoms with Gasteiger partial charge in [-0.2, -0.15) is 0 Å². The van der Waals surface area contributed by atoms with Crippen molar-refractivity contribution in [3.8, 4) is 5.75 Å². The summed E-state index contributed by atoms with van der Waals surface area (Å²) in [6.45, 7) is 3.96. The summed E-state index contributed by atoms with van der Waals surface area (Å²) < 4.78 is 5.37. The lowest BCUT2D eigenvalue weighted by Gasteiger charge is -2.10. The average molecular weight is 332 g/mol. The third-order valence-corrected chi connectivity index (χ3v) is 3.69. The van der Waals surface area contributed by atoms with Crippen molar-refractivity contribution in [2.24, 2.45) is 0 Å². The van der Waals surface area contributed by atoms with E-state index in [9.17, 15) is 9.59 Å². The van der Waals surface area contributed by atoms with E-state index in [4.69, 9.17) is 16.3 Å². The molecule has 2 aromatic rings. The number of rotatable bonds is 5. The summed E-state index contributed by atoms with van der Waals surface area (Å²) in [5.41, 5.74) is 2.19. The molecule has 120 valence electrons. The molecule has 0 aliphatic carbocycles. The van der Waals surface area contributed by atoms with Crippen LogP contribution in [0.4, 0.5) is 0 Å². The van der Waals surface area contributed by atoms with Gasteiger partial charge in [0.25, 0.3) is 5.91 Å². The van der Waals surface area contributed by atoms with Gasteiger partial charge >= 0.3 is 5.97 Å². The van der Waals surface area contributed by atoms with E-state index in [1.807, 2.05) is 32.0 Å². The van der Waals surface area contributed by atoms with E-state index in [1.54, 1.807) is 24.3 Å².